The Hall–Kier alpha value is -3.67. The summed E-state index contributed by atoms with van der Waals surface area (Å²) in [5.74, 6) is 0.746. The van der Waals surface area contributed by atoms with Gasteiger partial charge in [-0.15, -0.1) is 0 Å². The molecule has 0 radical (unpaired) electrons. The van der Waals surface area contributed by atoms with Gasteiger partial charge >= 0.3 is 0 Å². The molecule has 6 nitrogen and oxygen atoms in total. The molecular weight excluding hydrogens is 362 g/mol. The Kier molecular flexibility index (Phi) is 4.99. The number of hydrogen-bond acceptors (Lipinski definition) is 4. The van der Waals surface area contributed by atoms with Crippen molar-refractivity contribution in [1.29, 1.82) is 0 Å². The summed E-state index contributed by atoms with van der Waals surface area (Å²) in [5.41, 5.74) is 4.31. The van der Waals surface area contributed by atoms with Gasteiger partial charge in [0.15, 0.2) is 0 Å². The number of aromatic nitrogens is 3. The maximum atomic E-state index is 12.9. The van der Waals surface area contributed by atoms with Crippen molar-refractivity contribution in [1.82, 2.24) is 14.8 Å². The number of nitrogens with one attached hydrogen (secondary N) is 2. The number of fused-ring (bicyclic) bond motifs is 1. The van der Waals surface area contributed by atoms with Crippen molar-refractivity contribution in [2.24, 2.45) is 7.05 Å². The summed E-state index contributed by atoms with van der Waals surface area (Å²) < 4.78 is 1.81. The molecule has 0 unspecified atom stereocenters. The smallest absolute Gasteiger partial charge is 0.259 e. The van der Waals surface area contributed by atoms with E-state index in [9.17, 15) is 4.79 Å². The monoisotopic (exact) mass is 385 g/mol. The fraction of sp³-hybridized carbons (Fsp3) is 0.174. The van der Waals surface area contributed by atoms with Crippen molar-refractivity contribution in [3.63, 3.8) is 0 Å². The highest BCUT2D eigenvalue weighted by Crippen LogP contribution is 2.24. The number of amides is 1. The largest absolute Gasteiger partial charge is 0.340 e. The first-order valence-electron chi connectivity index (χ1n) is 9.56. The van der Waals surface area contributed by atoms with E-state index in [2.05, 4.69) is 34.6 Å². The third-order valence-electron chi connectivity index (χ3n) is 4.90. The van der Waals surface area contributed by atoms with Crippen molar-refractivity contribution in [2.75, 3.05) is 10.6 Å². The van der Waals surface area contributed by atoms with E-state index < -0.39 is 0 Å². The lowest BCUT2D eigenvalue weighted by atomic mass is 10.0. The van der Waals surface area contributed by atoms with Crippen molar-refractivity contribution < 1.29 is 4.79 Å². The van der Waals surface area contributed by atoms with Gasteiger partial charge in [-0.2, -0.15) is 5.10 Å². The fourth-order valence-corrected chi connectivity index (χ4v) is 3.20. The zero-order valence-electron chi connectivity index (χ0n) is 16.7. The summed E-state index contributed by atoms with van der Waals surface area (Å²) in [6.07, 6.45) is 3.49. The van der Waals surface area contributed by atoms with E-state index in [1.54, 1.807) is 18.3 Å². The summed E-state index contributed by atoms with van der Waals surface area (Å²) in [6.45, 7) is 4.29. The highest BCUT2D eigenvalue weighted by Gasteiger charge is 2.13. The summed E-state index contributed by atoms with van der Waals surface area (Å²) in [6, 6.07) is 17.4. The maximum absolute atomic E-state index is 12.9. The van der Waals surface area contributed by atoms with Crippen LogP contribution >= 0.6 is 0 Å². The van der Waals surface area contributed by atoms with Crippen LogP contribution < -0.4 is 10.6 Å². The van der Waals surface area contributed by atoms with Crippen molar-refractivity contribution >= 4 is 34.0 Å². The van der Waals surface area contributed by atoms with Gasteiger partial charge in [-0.3, -0.25) is 9.48 Å². The Morgan fingerprint density at radius 3 is 2.55 bits per heavy atom. The van der Waals surface area contributed by atoms with Gasteiger partial charge < -0.3 is 10.6 Å². The SMILES string of the molecule is CC(C)c1ccc(NC(=O)c2cccnc2Nc2ccc3cnn(C)c3c2)cc1. The number of rotatable bonds is 5. The average Bonchev–Trinajstić information content (AvgIpc) is 3.09. The summed E-state index contributed by atoms with van der Waals surface area (Å²) in [7, 11) is 1.90. The molecule has 0 saturated heterocycles. The van der Waals surface area contributed by atoms with Crippen LogP contribution in [0.15, 0.2) is 67.0 Å². The molecule has 0 atom stereocenters. The third-order valence-corrected chi connectivity index (χ3v) is 4.90. The van der Waals surface area contributed by atoms with Crippen LogP contribution in [0.2, 0.25) is 0 Å². The number of anilines is 3. The minimum atomic E-state index is -0.209. The number of carbonyl (C=O) groups excluding carboxylic acids is 1. The van der Waals surface area contributed by atoms with Gasteiger partial charge in [-0.05, 0) is 53.9 Å². The molecule has 2 N–H and O–H groups in total. The van der Waals surface area contributed by atoms with E-state index in [1.165, 1.54) is 5.56 Å². The number of pyridine rings is 1. The van der Waals surface area contributed by atoms with Crippen LogP contribution in [0.4, 0.5) is 17.2 Å². The Balaban J connectivity index is 1.56. The highest BCUT2D eigenvalue weighted by atomic mass is 16.1. The molecule has 4 aromatic rings. The lowest BCUT2D eigenvalue weighted by Crippen LogP contribution is -2.14. The molecule has 2 aromatic carbocycles. The number of nitrogens with zero attached hydrogens (tertiary/aromatic N) is 3. The number of hydrogen-bond donors (Lipinski definition) is 2. The maximum Gasteiger partial charge on any atom is 0.259 e. The zero-order valence-corrected chi connectivity index (χ0v) is 16.7. The van der Waals surface area contributed by atoms with E-state index in [0.717, 1.165) is 22.3 Å². The van der Waals surface area contributed by atoms with Gasteiger partial charge in [-0.1, -0.05) is 26.0 Å². The van der Waals surface area contributed by atoms with Crippen molar-refractivity contribution in [3.05, 3.63) is 78.1 Å². The molecule has 6 heteroatoms. The molecule has 0 aliphatic carbocycles. The second-order valence-electron chi connectivity index (χ2n) is 7.30. The molecule has 0 spiro atoms. The molecule has 146 valence electrons. The average molecular weight is 385 g/mol. The van der Waals surface area contributed by atoms with Gasteiger partial charge in [0.05, 0.1) is 17.3 Å². The first-order chi connectivity index (χ1) is 14.0. The predicted octanol–water partition coefficient (Wildman–Crippen LogP) is 5.09. The second-order valence-corrected chi connectivity index (χ2v) is 7.30. The van der Waals surface area contributed by atoms with Gasteiger partial charge in [-0.25, -0.2) is 4.98 Å². The fourth-order valence-electron chi connectivity index (χ4n) is 3.20. The molecule has 2 heterocycles. The van der Waals surface area contributed by atoms with E-state index in [-0.39, 0.29) is 5.91 Å². The Bertz CT molecular complexity index is 1160. The molecule has 0 aliphatic heterocycles. The number of aryl methyl sites for hydroxylation is 1. The Labute approximate surface area is 169 Å². The molecule has 29 heavy (non-hydrogen) atoms. The molecule has 0 saturated carbocycles. The molecule has 1 amide bonds. The molecule has 2 aromatic heterocycles. The van der Waals surface area contributed by atoms with E-state index in [0.29, 0.717) is 17.3 Å². The topological polar surface area (TPSA) is 71.8 Å². The quantitative estimate of drug-likeness (QED) is 0.502. The summed E-state index contributed by atoms with van der Waals surface area (Å²) in [4.78, 5) is 17.2. The van der Waals surface area contributed by atoms with Crippen LogP contribution in [0.3, 0.4) is 0 Å². The van der Waals surface area contributed by atoms with Crippen LogP contribution in [0, 0.1) is 0 Å². The minimum absolute atomic E-state index is 0.209. The summed E-state index contributed by atoms with van der Waals surface area (Å²) in [5, 5.41) is 11.5. The van der Waals surface area contributed by atoms with Crippen LogP contribution in [0.5, 0.6) is 0 Å². The van der Waals surface area contributed by atoms with Crippen molar-refractivity contribution in [3.8, 4) is 0 Å². The molecule has 0 aliphatic rings. The second kappa shape index (κ2) is 7.75. The lowest BCUT2D eigenvalue weighted by Gasteiger charge is -2.12. The van der Waals surface area contributed by atoms with Gasteiger partial charge in [0, 0.05) is 30.0 Å². The van der Waals surface area contributed by atoms with Gasteiger partial charge in [0.1, 0.15) is 5.82 Å². The molecular formula is C23H23N5O. The van der Waals surface area contributed by atoms with E-state index in [4.69, 9.17) is 0 Å². The normalized spacial score (nSPS) is 11.0. The van der Waals surface area contributed by atoms with Gasteiger partial charge in [0.25, 0.3) is 5.91 Å². The highest BCUT2D eigenvalue weighted by molar-refractivity contribution is 6.07. The molecule has 4 rings (SSSR count). The van der Waals surface area contributed by atoms with Crippen molar-refractivity contribution in [2.45, 2.75) is 19.8 Å². The first kappa shape index (κ1) is 18.7. The third kappa shape index (κ3) is 3.96. The molecule has 0 bridgehead atoms. The first-order valence-corrected chi connectivity index (χ1v) is 9.56. The van der Waals surface area contributed by atoms with Crippen LogP contribution in [0.1, 0.15) is 35.7 Å². The Morgan fingerprint density at radius 1 is 1.03 bits per heavy atom. The standard InChI is InChI=1S/C23H23N5O/c1-15(2)16-6-9-18(10-7-16)27-23(29)20-5-4-12-24-22(20)26-19-11-8-17-14-25-28(3)21(17)13-19/h4-15H,1-3H3,(H,24,26)(H,27,29). The van der Waals surface area contributed by atoms with E-state index in [1.807, 2.05) is 60.4 Å². The lowest BCUT2D eigenvalue weighted by molar-refractivity contribution is 0.102. The van der Waals surface area contributed by atoms with Crippen LogP contribution in [-0.4, -0.2) is 20.7 Å². The Morgan fingerprint density at radius 2 is 1.79 bits per heavy atom. The summed E-state index contributed by atoms with van der Waals surface area (Å²) >= 11 is 0. The van der Waals surface area contributed by atoms with Crippen LogP contribution in [0.25, 0.3) is 10.9 Å². The predicted molar refractivity (Wildman–Crippen MR) is 117 cm³/mol. The number of carbonyl (C=O) groups is 1. The zero-order chi connectivity index (χ0) is 20.4. The minimum Gasteiger partial charge on any atom is -0.340 e. The van der Waals surface area contributed by atoms with E-state index >= 15 is 0 Å². The van der Waals surface area contributed by atoms with Gasteiger partial charge in [0.2, 0.25) is 0 Å². The number of benzene rings is 2. The molecule has 0 fully saturated rings. The van der Waals surface area contributed by atoms with Crippen LogP contribution in [-0.2, 0) is 7.05 Å².